The molecule has 1 saturated heterocycles. The predicted molar refractivity (Wildman–Crippen MR) is 123 cm³/mol. The Morgan fingerprint density at radius 1 is 1.12 bits per heavy atom. The first-order valence-electron chi connectivity index (χ1n) is 12.0. The SMILES string of the molecule is C[C@@H]1C[C@H](NS(C)(=O)=O)C2COC3CCC(CC3)c3cc(F)cc(c3)OCCCCC(=O)N21. The minimum Gasteiger partial charge on any atom is -0.493 e. The van der Waals surface area contributed by atoms with Crippen LogP contribution in [0, 0.1) is 5.82 Å². The fraction of sp³-hybridized carbons (Fsp3) is 0.708. The second-order valence-corrected chi connectivity index (χ2v) is 11.6. The Kier molecular flexibility index (Phi) is 7.60. The number of ether oxygens (including phenoxy) is 2. The van der Waals surface area contributed by atoms with Gasteiger partial charge in [0.2, 0.25) is 15.9 Å². The number of carbonyl (C=O) groups is 1. The highest BCUT2D eigenvalue weighted by molar-refractivity contribution is 7.88. The van der Waals surface area contributed by atoms with Crippen LogP contribution in [-0.4, -0.2) is 62.9 Å². The second-order valence-electron chi connectivity index (χ2n) is 9.78. The summed E-state index contributed by atoms with van der Waals surface area (Å²) >= 11 is 0. The maximum Gasteiger partial charge on any atom is 0.223 e. The quantitative estimate of drug-likeness (QED) is 0.699. The van der Waals surface area contributed by atoms with Gasteiger partial charge in [-0.05, 0) is 75.5 Å². The number of sulfonamides is 1. The van der Waals surface area contributed by atoms with Crippen LogP contribution in [0.5, 0.6) is 5.75 Å². The van der Waals surface area contributed by atoms with Crippen molar-refractivity contribution >= 4 is 15.9 Å². The van der Waals surface area contributed by atoms with Gasteiger partial charge < -0.3 is 14.4 Å². The molecule has 1 saturated carbocycles. The Balaban J connectivity index is 1.53. The van der Waals surface area contributed by atoms with E-state index in [0.29, 0.717) is 44.6 Å². The van der Waals surface area contributed by atoms with Gasteiger partial charge in [-0.1, -0.05) is 0 Å². The van der Waals surface area contributed by atoms with Crippen molar-refractivity contribution in [3.05, 3.63) is 29.6 Å². The highest BCUT2D eigenvalue weighted by atomic mass is 32.2. The van der Waals surface area contributed by atoms with Crippen LogP contribution in [0.3, 0.4) is 0 Å². The third-order valence-corrected chi connectivity index (χ3v) is 7.87. The summed E-state index contributed by atoms with van der Waals surface area (Å²) in [6, 6.07) is 4.22. The monoisotopic (exact) mass is 482 g/mol. The highest BCUT2D eigenvalue weighted by Gasteiger charge is 2.43. The van der Waals surface area contributed by atoms with Crippen molar-refractivity contribution in [3.63, 3.8) is 0 Å². The van der Waals surface area contributed by atoms with Crippen LogP contribution in [-0.2, 0) is 19.6 Å². The van der Waals surface area contributed by atoms with Gasteiger partial charge in [0, 0.05) is 24.6 Å². The summed E-state index contributed by atoms with van der Waals surface area (Å²) in [6.45, 7) is 2.70. The third kappa shape index (κ3) is 6.25. The van der Waals surface area contributed by atoms with Gasteiger partial charge in [-0.3, -0.25) is 4.79 Å². The molecule has 4 bridgehead atoms. The van der Waals surface area contributed by atoms with Crippen LogP contribution in [0.25, 0.3) is 0 Å². The zero-order chi connectivity index (χ0) is 23.6. The number of benzene rings is 1. The Labute approximate surface area is 196 Å². The maximum atomic E-state index is 14.2. The lowest BCUT2D eigenvalue weighted by molar-refractivity contribution is -0.136. The van der Waals surface area contributed by atoms with Crippen molar-refractivity contribution in [2.24, 2.45) is 0 Å². The van der Waals surface area contributed by atoms with E-state index in [1.165, 1.54) is 6.07 Å². The lowest BCUT2D eigenvalue weighted by atomic mass is 9.82. The largest absolute Gasteiger partial charge is 0.493 e. The van der Waals surface area contributed by atoms with E-state index in [1.54, 1.807) is 6.07 Å². The van der Waals surface area contributed by atoms with Crippen LogP contribution in [0.1, 0.15) is 69.8 Å². The molecule has 5 rings (SSSR count). The van der Waals surface area contributed by atoms with E-state index in [0.717, 1.165) is 37.5 Å². The summed E-state index contributed by atoms with van der Waals surface area (Å²) < 4.78 is 52.9. The number of rotatable bonds is 2. The molecular formula is C24H35FN2O5S. The zero-order valence-electron chi connectivity index (χ0n) is 19.5. The third-order valence-electron chi connectivity index (χ3n) is 7.14. The van der Waals surface area contributed by atoms with Crippen LogP contribution >= 0.6 is 0 Å². The molecule has 3 heterocycles. The van der Waals surface area contributed by atoms with Crippen molar-refractivity contribution < 1.29 is 27.1 Å². The molecule has 1 N–H and O–H groups in total. The first kappa shape index (κ1) is 24.4. The molecule has 3 atom stereocenters. The average Bonchev–Trinajstić information content (AvgIpc) is 3.04. The minimum atomic E-state index is -3.40. The predicted octanol–water partition coefficient (Wildman–Crippen LogP) is 3.34. The van der Waals surface area contributed by atoms with Crippen LogP contribution in [0.4, 0.5) is 4.39 Å². The molecule has 1 aromatic carbocycles. The Hall–Kier alpha value is -1.71. The minimum absolute atomic E-state index is 0.00923. The molecule has 4 aliphatic rings. The lowest BCUT2D eigenvalue weighted by Gasteiger charge is -2.34. The van der Waals surface area contributed by atoms with Crippen molar-refractivity contribution in [1.82, 2.24) is 9.62 Å². The fourth-order valence-electron chi connectivity index (χ4n) is 5.59. The number of hydrogen-bond acceptors (Lipinski definition) is 5. The zero-order valence-corrected chi connectivity index (χ0v) is 20.3. The lowest BCUT2D eigenvalue weighted by Crippen LogP contribution is -2.50. The summed E-state index contributed by atoms with van der Waals surface area (Å²) in [5.74, 6) is 0.535. The molecule has 33 heavy (non-hydrogen) atoms. The van der Waals surface area contributed by atoms with Gasteiger partial charge in [-0.2, -0.15) is 0 Å². The van der Waals surface area contributed by atoms with E-state index >= 15 is 0 Å². The topological polar surface area (TPSA) is 84.9 Å². The number of nitrogens with zero attached hydrogens (tertiary/aromatic N) is 1. The van der Waals surface area contributed by atoms with E-state index in [1.807, 2.05) is 17.9 Å². The number of amides is 1. The fourth-order valence-corrected chi connectivity index (χ4v) is 6.39. The van der Waals surface area contributed by atoms with Gasteiger partial charge in [0.05, 0.1) is 31.6 Å². The molecule has 1 amide bonds. The molecule has 1 aliphatic carbocycles. The number of fused-ring (bicyclic) bond motifs is 8. The number of carbonyl (C=O) groups excluding carboxylic acids is 1. The van der Waals surface area contributed by atoms with Gasteiger partial charge in [-0.15, -0.1) is 0 Å². The van der Waals surface area contributed by atoms with Crippen LogP contribution in [0.15, 0.2) is 18.2 Å². The molecule has 184 valence electrons. The Morgan fingerprint density at radius 3 is 2.61 bits per heavy atom. The molecule has 2 fully saturated rings. The number of hydrogen-bond donors (Lipinski definition) is 1. The van der Waals surface area contributed by atoms with Gasteiger partial charge in [0.15, 0.2) is 0 Å². The van der Waals surface area contributed by atoms with Crippen LogP contribution < -0.4 is 9.46 Å². The second kappa shape index (κ2) is 10.3. The molecule has 0 aromatic heterocycles. The molecular weight excluding hydrogens is 447 g/mol. The number of nitrogens with one attached hydrogen (secondary N) is 1. The van der Waals surface area contributed by atoms with Crippen molar-refractivity contribution in [2.45, 2.75) is 88.4 Å². The van der Waals surface area contributed by atoms with Gasteiger partial charge in [-0.25, -0.2) is 17.5 Å². The van der Waals surface area contributed by atoms with E-state index < -0.39 is 10.0 Å². The summed E-state index contributed by atoms with van der Waals surface area (Å²) in [5, 5.41) is 0. The van der Waals surface area contributed by atoms with E-state index in [-0.39, 0.29) is 41.9 Å². The van der Waals surface area contributed by atoms with Gasteiger partial charge in [0.1, 0.15) is 11.6 Å². The number of halogens is 1. The van der Waals surface area contributed by atoms with E-state index in [9.17, 15) is 17.6 Å². The molecule has 3 aliphatic heterocycles. The Morgan fingerprint density at radius 2 is 1.88 bits per heavy atom. The normalized spacial score (nSPS) is 31.7. The van der Waals surface area contributed by atoms with Gasteiger partial charge in [0.25, 0.3) is 0 Å². The first-order valence-corrected chi connectivity index (χ1v) is 13.9. The Bertz CT molecular complexity index is 948. The smallest absolute Gasteiger partial charge is 0.223 e. The maximum absolute atomic E-state index is 14.2. The molecule has 1 aromatic rings. The molecule has 0 spiro atoms. The summed E-state index contributed by atoms with van der Waals surface area (Å²) in [5.41, 5.74) is 0.969. The standard InChI is InChI=1S/C24H35FN2O5S/c1-16-11-22(26-33(2,29)30)23-15-32-20-8-6-17(7-9-20)18-12-19(25)14-21(13-18)31-10-4-3-5-24(28)27(16)23/h12-14,16-17,20,22-23,26H,3-11,15H2,1-2H3/t16-,17?,20?,22+,23?/m1/s1. The molecule has 1 unspecified atom stereocenters. The van der Waals surface area contributed by atoms with Crippen molar-refractivity contribution in [1.29, 1.82) is 0 Å². The van der Waals surface area contributed by atoms with E-state index in [4.69, 9.17) is 9.47 Å². The molecule has 0 radical (unpaired) electrons. The van der Waals surface area contributed by atoms with E-state index in [2.05, 4.69) is 4.72 Å². The highest BCUT2D eigenvalue weighted by Crippen LogP contribution is 2.36. The summed E-state index contributed by atoms with van der Waals surface area (Å²) in [4.78, 5) is 14.9. The first-order chi connectivity index (χ1) is 15.7. The summed E-state index contributed by atoms with van der Waals surface area (Å²) in [6.07, 6.45) is 6.93. The van der Waals surface area contributed by atoms with Gasteiger partial charge >= 0.3 is 0 Å². The van der Waals surface area contributed by atoms with Crippen LogP contribution in [0.2, 0.25) is 0 Å². The summed E-state index contributed by atoms with van der Waals surface area (Å²) in [7, 11) is -3.40. The van der Waals surface area contributed by atoms with Crippen molar-refractivity contribution in [3.8, 4) is 5.75 Å². The van der Waals surface area contributed by atoms with Crippen molar-refractivity contribution in [2.75, 3.05) is 19.5 Å². The average molecular weight is 483 g/mol. The molecule has 9 heteroatoms. The molecule has 7 nitrogen and oxygen atoms in total.